The van der Waals surface area contributed by atoms with Gasteiger partial charge >= 0.3 is 0 Å². The predicted octanol–water partition coefficient (Wildman–Crippen LogP) is 4.45. The molecule has 0 aliphatic heterocycles. The number of aromatic nitrogens is 3. The maximum atomic E-state index is 14.4. The van der Waals surface area contributed by atoms with E-state index in [1.165, 1.54) is 23.0 Å². The molecule has 0 saturated carbocycles. The van der Waals surface area contributed by atoms with Gasteiger partial charge < -0.3 is 4.57 Å². The summed E-state index contributed by atoms with van der Waals surface area (Å²) in [7, 11) is 0. The molecule has 0 unspecified atom stereocenters. The van der Waals surface area contributed by atoms with Gasteiger partial charge in [0, 0.05) is 24.7 Å². The molecule has 0 amide bonds. The van der Waals surface area contributed by atoms with Crippen LogP contribution in [0.25, 0.3) is 16.9 Å². The topological polar surface area (TPSA) is 39.8 Å². The van der Waals surface area contributed by atoms with Crippen molar-refractivity contribution in [2.75, 3.05) is 0 Å². The molecule has 0 fully saturated rings. The number of benzene rings is 1. The Morgan fingerprint density at radius 2 is 1.76 bits per heavy atom. The first-order valence-electron chi connectivity index (χ1n) is 7.12. The molecule has 0 spiro atoms. The van der Waals surface area contributed by atoms with E-state index < -0.39 is 28.6 Å². The first-order chi connectivity index (χ1) is 11.8. The molecule has 1 aromatic carbocycles. The van der Waals surface area contributed by atoms with Gasteiger partial charge in [0.15, 0.2) is 10.3 Å². The molecule has 0 N–H and O–H groups in total. The van der Waals surface area contributed by atoms with Crippen LogP contribution >= 0.6 is 23.2 Å². The highest BCUT2D eigenvalue weighted by Gasteiger charge is 2.23. The largest absolute Gasteiger partial charge is 0.306 e. The normalized spacial score (nSPS) is 11.1. The monoisotopic (exact) mass is 387 g/mol. The smallest absolute Gasteiger partial charge is 0.251 e. The van der Waals surface area contributed by atoms with Crippen LogP contribution in [-0.2, 0) is 6.54 Å². The second-order valence-corrected chi connectivity index (χ2v) is 5.81. The number of halogens is 5. The van der Waals surface area contributed by atoms with Crippen LogP contribution in [0.5, 0.6) is 0 Å². The van der Waals surface area contributed by atoms with Crippen LogP contribution in [0.1, 0.15) is 6.92 Å². The Labute approximate surface area is 150 Å². The second kappa shape index (κ2) is 6.57. The summed E-state index contributed by atoms with van der Waals surface area (Å²) in [5.74, 6) is -3.35. The van der Waals surface area contributed by atoms with Crippen LogP contribution in [-0.4, -0.2) is 14.1 Å². The maximum absolute atomic E-state index is 14.4. The highest BCUT2D eigenvalue weighted by molar-refractivity contribution is 6.40. The Kier molecular flexibility index (Phi) is 4.62. The number of rotatable bonds is 3. The molecule has 3 rings (SSSR count). The van der Waals surface area contributed by atoms with Crippen molar-refractivity contribution in [1.29, 1.82) is 0 Å². The fraction of sp³-hybridized carbons (Fsp3) is 0.125. The molecule has 25 heavy (non-hydrogen) atoms. The minimum Gasteiger partial charge on any atom is -0.306 e. The first-order valence-corrected chi connectivity index (χ1v) is 7.88. The Morgan fingerprint density at radius 1 is 1.12 bits per heavy atom. The summed E-state index contributed by atoms with van der Waals surface area (Å²) in [4.78, 5) is 16.0. The lowest BCUT2D eigenvalue weighted by molar-refractivity contribution is 0.545. The van der Waals surface area contributed by atoms with E-state index >= 15 is 0 Å². The summed E-state index contributed by atoms with van der Waals surface area (Å²) in [5.41, 5.74) is -0.945. The van der Waals surface area contributed by atoms with E-state index in [4.69, 9.17) is 23.2 Å². The Bertz CT molecular complexity index is 1010. The molecule has 0 atom stereocenters. The number of imidazole rings is 1. The molecule has 3 aromatic rings. The van der Waals surface area contributed by atoms with E-state index in [9.17, 15) is 18.0 Å². The van der Waals surface area contributed by atoms with Crippen LogP contribution in [0.3, 0.4) is 0 Å². The van der Waals surface area contributed by atoms with Gasteiger partial charge in [-0.15, -0.1) is 0 Å². The van der Waals surface area contributed by atoms with Gasteiger partial charge in [-0.1, -0.05) is 23.2 Å². The van der Waals surface area contributed by atoms with E-state index in [1.54, 1.807) is 6.92 Å². The third kappa shape index (κ3) is 2.94. The second-order valence-electron chi connectivity index (χ2n) is 5.09. The van der Waals surface area contributed by atoms with E-state index in [0.717, 1.165) is 4.57 Å². The Balaban J connectivity index is 2.45. The van der Waals surface area contributed by atoms with Gasteiger partial charge in [-0.25, -0.2) is 18.2 Å². The van der Waals surface area contributed by atoms with Crippen LogP contribution in [0.4, 0.5) is 13.2 Å². The molecular formula is C16H10Cl2F3N3O. The van der Waals surface area contributed by atoms with Crippen molar-refractivity contribution < 1.29 is 13.2 Å². The van der Waals surface area contributed by atoms with Gasteiger partial charge in [-0.05, 0) is 13.0 Å². The van der Waals surface area contributed by atoms with Crippen molar-refractivity contribution in [3.05, 3.63) is 68.7 Å². The van der Waals surface area contributed by atoms with Crippen LogP contribution in [0, 0.1) is 17.5 Å². The van der Waals surface area contributed by atoms with Crippen molar-refractivity contribution >= 4 is 23.2 Å². The SMILES string of the molecule is CCn1c(-c2c(F)cc(F)cc2F)c(-n2cnc(Cl)c2Cl)ccc1=O. The lowest BCUT2D eigenvalue weighted by atomic mass is 10.1. The summed E-state index contributed by atoms with van der Waals surface area (Å²) in [6.45, 7) is 1.76. The molecular weight excluding hydrogens is 378 g/mol. The summed E-state index contributed by atoms with van der Waals surface area (Å²) in [6.07, 6.45) is 1.26. The van der Waals surface area contributed by atoms with E-state index in [0.29, 0.717) is 12.1 Å². The number of pyridine rings is 1. The van der Waals surface area contributed by atoms with Crippen LogP contribution < -0.4 is 5.56 Å². The molecule has 0 radical (unpaired) electrons. The zero-order valence-corrected chi connectivity index (χ0v) is 14.2. The van der Waals surface area contributed by atoms with Crippen molar-refractivity contribution in [3.63, 3.8) is 0 Å². The Morgan fingerprint density at radius 3 is 2.28 bits per heavy atom. The zero-order chi connectivity index (χ0) is 18.3. The summed E-state index contributed by atoms with van der Waals surface area (Å²) < 4.78 is 44.4. The van der Waals surface area contributed by atoms with E-state index in [-0.39, 0.29) is 28.2 Å². The van der Waals surface area contributed by atoms with Crippen molar-refractivity contribution in [1.82, 2.24) is 14.1 Å². The highest BCUT2D eigenvalue weighted by Crippen LogP contribution is 2.33. The molecule has 9 heteroatoms. The lowest BCUT2D eigenvalue weighted by Crippen LogP contribution is -2.22. The lowest BCUT2D eigenvalue weighted by Gasteiger charge is -2.18. The number of hydrogen-bond donors (Lipinski definition) is 0. The quantitative estimate of drug-likeness (QED) is 0.666. The third-order valence-electron chi connectivity index (χ3n) is 3.65. The minimum absolute atomic E-state index is 0.00662. The molecule has 0 aliphatic carbocycles. The molecule has 2 heterocycles. The van der Waals surface area contributed by atoms with Gasteiger partial charge in [-0.3, -0.25) is 9.36 Å². The van der Waals surface area contributed by atoms with Crippen molar-refractivity contribution in [3.8, 4) is 16.9 Å². The minimum atomic E-state index is -1.14. The van der Waals surface area contributed by atoms with Gasteiger partial charge in [0.25, 0.3) is 5.56 Å². The van der Waals surface area contributed by atoms with Gasteiger partial charge in [-0.2, -0.15) is 0 Å². The van der Waals surface area contributed by atoms with Crippen molar-refractivity contribution in [2.45, 2.75) is 13.5 Å². The molecule has 0 bridgehead atoms. The van der Waals surface area contributed by atoms with E-state index in [1.807, 2.05) is 0 Å². The zero-order valence-electron chi connectivity index (χ0n) is 12.7. The molecule has 0 aliphatic rings. The average Bonchev–Trinajstić information content (AvgIpc) is 2.86. The number of nitrogens with zero attached hydrogens (tertiary/aromatic N) is 3. The van der Waals surface area contributed by atoms with Crippen molar-refractivity contribution in [2.24, 2.45) is 0 Å². The summed E-state index contributed by atoms with van der Waals surface area (Å²) in [5, 5.41) is -0.00550. The summed E-state index contributed by atoms with van der Waals surface area (Å²) in [6, 6.07) is 3.66. The first kappa shape index (κ1) is 17.6. The highest BCUT2D eigenvalue weighted by atomic mass is 35.5. The Hall–Kier alpha value is -2.25. The molecule has 0 saturated heterocycles. The summed E-state index contributed by atoms with van der Waals surface area (Å²) >= 11 is 11.9. The fourth-order valence-corrected chi connectivity index (χ4v) is 2.91. The van der Waals surface area contributed by atoms with Crippen LogP contribution in [0.2, 0.25) is 10.3 Å². The molecule has 2 aromatic heterocycles. The molecule has 130 valence electrons. The fourth-order valence-electron chi connectivity index (χ4n) is 2.59. The predicted molar refractivity (Wildman–Crippen MR) is 88.8 cm³/mol. The van der Waals surface area contributed by atoms with Crippen LogP contribution in [0.15, 0.2) is 35.4 Å². The number of hydrogen-bond acceptors (Lipinski definition) is 2. The standard InChI is InChI=1S/C16H10Cl2F3N3O/c1-2-23-12(25)4-3-11(24-7-22-15(17)16(24)18)14(23)13-9(20)5-8(19)6-10(13)21/h3-7H,2H2,1H3. The average molecular weight is 388 g/mol. The van der Waals surface area contributed by atoms with Gasteiger partial charge in [0.2, 0.25) is 0 Å². The van der Waals surface area contributed by atoms with E-state index in [2.05, 4.69) is 4.98 Å². The molecule has 4 nitrogen and oxygen atoms in total. The third-order valence-corrected chi connectivity index (χ3v) is 4.38. The van der Waals surface area contributed by atoms with Gasteiger partial charge in [0.1, 0.15) is 23.8 Å². The maximum Gasteiger partial charge on any atom is 0.251 e. The van der Waals surface area contributed by atoms with Gasteiger partial charge in [0.05, 0.1) is 16.9 Å².